The van der Waals surface area contributed by atoms with Crippen LogP contribution in [0.25, 0.3) is 22.5 Å². The minimum atomic E-state index is -0.251. The molecule has 0 unspecified atom stereocenters. The van der Waals surface area contributed by atoms with Crippen LogP contribution in [0, 0.1) is 0 Å². The molecule has 0 aliphatic heterocycles. The molecular weight excluding hydrogens is 432 g/mol. The predicted octanol–water partition coefficient (Wildman–Crippen LogP) is 4.62. The van der Waals surface area contributed by atoms with Crippen LogP contribution in [0.5, 0.6) is 0 Å². The lowest BCUT2D eigenvalue weighted by Gasteiger charge is -2.10. The van der Waals surface area contributed by atoms with Crippen molar-refractivity contribution in [1.29, 1.82) is 0 Å². The van der Waals surface area contributed by atoms with E-state index in [0.29, 0.717) is 12.4 Å². The number of aromatic nitrogens is 4. The topological polar surface area (TPSA) is 95.6 Å². The zero-order chi connectivity index (χ0) is 20.1. The Morgan fingerprint density at radius 1 is 0.931 bits per heavy atom. The number of benzene rings is 3. The van der Waals surface area contributed by atoms with Gasteiger partial charge in [-0.25, -0.2) is 4.79 Å². The lowest BCUT2D eigenvalue weighted by Crippen LogP contribution is -2.28. The van der Waals surface area contributed by atoms with Crippen LogP contribution in [-0.2, 0) is 6.54 Å². The molecule has 0 fully saturated rings. The third-order valence-electron chi connectivity index (χ3n) is 4.33. The Bertz CT molecular complexity index is 1090. The molecule has 4 aromatic rings. The molecule has 0 aliphatic rings. The predicted molar refractivity (Wildman–Crippen MR) is 115 cm³/mol. The first-order valence-electron chi connectivity index (χ1n) is 8.91. The molecule has 4 rings (SSSR count). The van der Waals surface area contributed by atoms with Crippen molar-refractivity contribution in [3.05, 3.63) is 82.8 Å². The van der Waals surface area contributed by atoms with E-state index >= 15 is 0 Å². The smallest absolute Gasteiger partial charge is 0.319 e. The van der Waals surface area contributed by atoms with Crippen molar-refractivity contribution in [2.75, 3.05) is 5.32 Å². The molecular formula is C21H17BrN6O. The molecule has 8 heteroatoms. The number of H-pyrrole nitrogens is 1. The standard InChI is InChI=1S/C21H17BrN6O/c22-16-9-11-17(12-10-16)24-21(29)23-13-14-5-7-15(8-6-14)18-3-1-2-4-19(18)20-25-27-28-26-20/h1-12H,13H2,(H2,23,24,29)(H,25,26,27,28). The number of amides is 2. The highest BCUT2D eigenvalue weighted by Crippen LogP contribution is 2.29. The number of aromatic amines is 1. The van der Waals surface area contributed by atoms with E-state index in [-0.39, 0.29) is 6.03 Å². The van der Waals surface area contributed by atoms with Gasteiger partial charge in [-0.05, 0) is 46.2 Å². The first-order valence-corrected chi connectivity index (χ1v) is 9.71. The number of nitrogens with zero attached hydrogens (tertiary/aromatic N) is 3. The van der Waals surface area contributed by atoms with E-state index in [1.54, 1.807) is 0 Å². The summed E-state index contributed by atoms with van der Waals surface area (Å²) in [5.41, 5.74) is 4.69. The summed E-state index contributed by atoms with van der Waals surface area (Å²) < 4.78 is 0.962. The summed E-state index contributed by atoms with van der Waals surface area (Å²) in [5, 5.41) is 19.9. The van der Waals surface area contributed by atoms with Crippen LogP contribution in [0.2, 0.25) is 0 Å². The van der Waals surface area contributed by atoms with Gasteiger partial charge in [-0.3, -0.25) is 0 Å². The third kappa shape index (κ3) is 4.67. The van der Waals surface area contributed by atoms with Gasteiger partial charge in [0.25, 0.3) is 0 Å². The maximum Gasteiger partial charge on any atom is 0.319 e. The molecule has 29 heavy (non-hydrogen) atoms. The quantitative estimate of drug-likeness (QED) is 0.415. The average Bonchev–Trinajstić information content (AvgIpc) is 3.29. The van der Waals surface area contributed by atoms with Crippen LogP contribution in [0.3, 0.4) is 0 Å². The van der Waals surface area contributed by atoms with E-state index in [2.05, 4.69) is 47.2 Å². The van der Waals surface area contributed by atoms with E-state index in [1.165, 1.54) is 0 Å². The van der Waals surface area contributed by atoms with Gasteiger partial charge in [0.15, 0.2) is 0 Å². The average molecular weight is 449 g/mol. The number of halogens is 1. The zero-order valence-corrected chi connectivity index (χ0v) is 16.8. The lowest BCUT2D eigenvalue weighted by atomic mass is 9.98. The Hall–Kier alpha value is -3.52. The highest BCUT2D eigenvalue weighted by molar-refractivity contribution is 9.10. The molecule has 3 aromatic carbocycles. The fourth-order valence-electron chi connectivity index (χ4n) is 2.90. The Morgan fingerprint density at radius 2 is 1.66 bits per heavy atom. The number of rotatable bonds is 5. The fraction of sp³-hybridized carbons (Fsp3) is 0.0476. The summed E-state index contributed by atoms with van der Waals surface area (Å²) in [5.74, 6) is 0.552. The van der Waals surface area contributed by atoms with E-state index in [4.69, 9.17) is 0 Å². The van der Waals surface area contributed by atoms with E-state index < -0.39 is 0 Å². The second-order valence-corrected chi connectivity index (χ2v) is 7.21. The molecule has 2 amide bonds. The minimum Gasteiger partial charge on any atom is -0.334 e. The number of tetrazole rings is 1. The van der Waals surface area contributed by atoms with Crippen molar-refractivity contribution in [3.63, 3.8) is 0 Å². The van der Waals surface area contributed by atoms with Crippen molar-refractivity contribution < 1.29 is 4.79 Å². The van der Waals surface area contributed by atoms with Crippen LogP contribution < -0.4 is 10.6 Å². The number of carbonyl (C=O) groups excluding carboxylic acids is 1. The first-order chi connectivity index (χ1) is 14.2. The summed E-state index contributed by atoms with van der Waals surface area (Å²) in [7, 11) is 0. The van der Waals surface area contributed by atoms with Crippen molar-refractivity contribution in [2.24, 2.45) is 0 Å². The van der Waals surface area contributed by atoms with Crippen LogP contribution in [0.1, 0.15) is 5.56 Å². The van der Waals surface area contributed by atoms with Gasteiger partial charge in [0.1, 0.15) is 0 Å². The molecule has 144 valence electrons. The van der Waals surface area contributed by atoms with Gasteiger partial charge in [-0.2, -0.15) is 5.21 Å². The maximum atomic E-state index is 12.1. The Labute approximate surface area is 175 Å². The normalized spacial score (nSPS) is 10.5. The second-order valence-electron chi connectivity index (χ2n) is 6.29. The maximum absolute atomic E-state index is 12.1. The number of nitrogens with one attached hydrogen (secondary N) is 3. The molecule has 3 N–H and O–H groups in total. The molecule has 1 aromatic heterocycles. The van der Waals surface area contributed by atoms with Crippen molar-refractivity contribution in [1.82, 2.24) is 25.9 Å². The Balaban J connectivity index is 1.41. The lowest BCUT2D eigenvalue weighted by molar-refractivity contribution is 0.251. The van der Waals surface area contributed by atoms with Gasteiger partial charge in [0.2, 0.25) is 5.82 Å². The molecule has 0 radical (unpaired) electrons. The molecule has 1 heterocycles. The van der Waals surface area contributed by atoms with E-state index in [1.807, 2.05) is 72.8 Å². The number of hydrogen-bond acceptors (Lipinski definition) is 4. The number of carbonyl (C=O) groups is 1. The largest absolute Gasteiger partial charge is 0.334 e. The summed E-state index contributed by atoms with van der Waals surface area (Å²) in [6, 6.07) is 23.1. The van der Waals surface area contributed by atoms with Crippen LogP contribution in [0.4, 0.5) is 10.5 Å². The molecule has 7 nitrogen and oxygen atoms in total. The van der Waals surface area contributed by atoms with E-state index in [0.717, 1.165) is 32.4 Å². The molecule has 0 bridgehead atoms. The highest BCUT2D eigenvalue weighted by atomic mass is 79.9. The van der Waals surface area contributed by atoms with Gasteiger partial charge in [-0.15, -0.1) is 10.2 Å². The summed E-state index contributed by atoms with van der Waals surface area (Å²) >= 11 is 3.37. The van der Waals surface area contributed by atoms with Crippen LogP contribution >= 0.6 is 15.9 Å². The fourth-order valence-corrected chi connectivity index (χ4v) is 3.16. The van der Waals surface area contributed by atoms with Crippen LogP contribution in [-0.4, -0.2) is 26.7 Å². The van der Waals surface area contributed by atoms with E-state index in [9.17, 15) is 4.79 Å². The van der Waals surface area contributed by atoms with Crippen molar-refractivity contribution in [2.45, 2.75) is 6.54 Å². The Kier molecular flexibility index (Phi) is 5.62. The number of urea groups is 1. The molecule has 0 atom stereocenters. The molecule has 0 spiro atoms. The van der Waals surface area contributed by atoms with Crippen molar-refractivity contribution >= 4 is 27.6 Å². The minimum absolute atomic E-state index is 0.251. The summed E-state index contributed by atoms with van der Waals surface area (Å²) in [6.45, 7) is 0.426. The van der Waals surface area contributed by atoms with Gasteiger partial charge in [0.05, 0.1) is 0 Å². The molecule has 0 saturated carbocycles. The monoisotopic (exact) mass is 448 g/mol. The first kappa shape index (κ1) is 18.8. The number of anilines is 1. The van der Waals surface area contributed by atoms with Gasteiger partial charge in [0, 0.05) is 22.3 Å². The SMILES string of the molecule is O=C(NCc1ccc(-c2ccccc2-c2nn[nH]n2)cc1)Nc1ccc(Br)cc1. The van der Waals surface area contributed by atoms with Gasteiger partial charge >= 0.3 is 6.03 Å². The van der Waals surface area contributed by atoms with Gasteiger partial charge in [-0.1, -0.05) is 64.5 Å². The van der Waals surface area contributed by atoms with Crippen LogP contribution in [0.15, 0.2) is 77.3 Å². The number of hydrogen-bond donors (Lipinski definition) is 3. The molecule has 0 aliphatic carbocycles. The third-order valence-corrected chi connectivity index (χ3v) is 4.86. The summed E-state index contributed by atoms with van der Waals surface area (Å²) in [4.78, 5) is 12.1. The van der Waals surface area contributed by atoms with Gasteiger partial charge < -0.3 is 10.6 Å². The zero-order valence-electron chi connectivity index (χ0n) is 15.3. The Morgan fingerprint density at radius 3 is 2.34 bits per heavy atom. The summed E-state index contributed by atoms with van der Waals surface area (Å²) in [6.07, 6.45) is 0. The highest BCUT2D eigenvalue weighted by Gasteiger charge is 2.10. The molecule has 0 saturated heterocycles. The van der Waals surface area contributed by atoms with Crippen molar-refractivity contribution in [3.8, 4) is 22.5 Å². The second kappa shape index (κ2) is 8.66.